The van der Waals surface area contributed by atoms with Crippen molar-refractivity contribution >= 4 is 21.9 Å². The van der Waals surface area contributed by atoms with Crippen LogP contribution in [0.1, 0.15) is 32.6 Å². The fourth-order valence-corrected chi connectivity index (χ4v) is 1.89. The van der Waals surface area contributed by atoms with E-state index in [1.165, 1.54) is 0 Å². The SMILES string of the molecule is CC1CCC(Br)(C(=O)O)CC1. The van der Waals surface area contributed by atoms with E-state index in [0.717, 1.165) is 25.7 Å². The monoisotopic (exact) mass is 220 g/mol. The topological polar surface area (TPSA) is 37.3 Å². The molecule has 0 radical (unpaired) electrons. The van der Waals surface area contributed by atoms with E-state index in [0.29, 0.717) is 5.92 Å². The normalized spacial score (nSPS) is 38.5. The fraction of sp³-hybridized carbons (Fsp3) is 0.875. The first-order valence-corrected chi connectivity index (χ1v) is 4.76. The highest BCUT2D eigenvalue weighted by Crippen LogP contribution is 2.38. The molecular weight excluding hydrogens is 208 g/mol. The van der Waals surface area contributed by atoms with Crippen LogP contribution >= 0.6 is 15.9 Å². The number of carboxylic acid groups (broad SMARTS) is 1. The summed E-state index contributed by atoms with van der Waals surface area (Å²) in [6.45, 7) is 2.18. The molecule has 0 aromatic rings. The van der Waals surface area contributed by atoms with Crippen LogP contribution in [0.4, 0.5) is 0 Å². The minimum absolute atomic E-state index is 0.612. The number of alkyl halides is 1. The van der Waals surface area contributed by atoms with Crippen molar-refractivity contribution in [3.63, 3.8) is 0 Å². The van der Waals surface area contributed by atoms with Gasteiger partial charge in [-0.15, -0.1) is 0 Å². The Labute approximate surface area is 75.1 Å². The molecule has 0 aromatic carbocycles. The molecule has 0 spiro atoms. The highest BCUT2D eigenvalue weighted by Gasteiger charge is 2.38. The molecule has 1 aliphatic rings. The maximum absolute atomic E-state index is 10.7. The Bertz CT molecular complexity index is 159. The van der Waals surface area contributed by atoms with Gasteiger partial charge in [0, 0.05) is 0 Å². The van der Waals surface area contributed by atoms with Crippen molar-refractivity contribution in [2.75, 3.05) is 0 Å². The quantitative estimate of drug-likeness (QED) is 0.690. The third-order valence-corrected chi connectivity index (χ3v) is 3.58. The van der Waals surface area contributed by atoms with Crippen LogP contribution in [0.3, 0.4) is 0 Å². The van der Waals surface area contributed by atoms with Gasteiger partial charge in [0.05, 0.1) is 0 Å². The molecule has 11 heavy (non-hydrogen) atoms. The molecule has 1 fully saturated rings. The zero-order chi connectivity index (χ0) is 8.48. The Morgan fingerprint density at radius 2 is 2.00 bits per heavy atom. The van der Waals surface area contributed by atoms with Crippen LogP contribution in [-0.4, -0.2) is 15.4 Å². The van der Waals surface area contributed by atoms with E-state index in [-0.39, 0.29) is 0 Å². The Morgan fingerprint density at radius 1 is 1.55 bits per heavy atom. The van der Waals surface area contributed by atoms with Gasteiger partial charge in [-0.3, -0.25) is 4.79 Å². The van der Waals surface area contributed by atoms with E-state index >= 15 is 0 Å². The largest absolute Gasteiger partial charge is 0.480 e. The van der Waals surface area contributed by atoms with Crippen molar-refractivity contribution in [3.8, 4) is 0 Å². The van der Waals surface area contributed by atoms with Gasteiger partial charge in [-0.1, -0.05) is 22.9 Å². The molecule has 2 nitrogen and oxygen atoms in total. The van der Waals surface area contributed by atoms with Gasteiger partial charge in [0.15, 0.2) is 0 Å². The molecule has 0 saturated heterocycles. The predicted molar refractivity (Wildman–Crippen MR) is 46.9 cm³/mol. The second-order valence-corrected chi connectivity index (χ2v) is 4.97. The molecule has 0 atom stereocenters. The van der Waals surface area contributed by atoms with Crippen LogP contribution < -0.4 is 0 Å². The number of hydrogen-bond acceptors (Lipinski definition) is 1. The molecule has 1 saturated carbocycles. The number of carbonyl (C=O) groups is 1. The zero-order valence-corrected chi connectivity index (χ0v) is 8.23. The maximum atomic E-state index is 10.7. The van der Waals surface area contributed by atoms with E-state index in [2.05, 4.69) is 22.9 Å². The van der Waals surface area contributed by atoms with Crippen molar-refractivity contribution in [1.82, 2.24) is 0 Å². The van der Waals surface area contributed by atoms with Crippen LogP contribution in [0, 0.1) is 5.92 Å². The average molecular weight is 221 g/mol. The third kappa shape index (κ3) is 1.95. The van der Waals surface area contributed by atoms with Crippen LogP contribution in [-0.2, 0) is 4.79 Å². The Morgan fingerprint density at radius 3 is 2.36 bits per heavy atom. The van der Waals surface area contributed by atoms with Gasteiger partial charge in [-0.25, -0.2) is 0 Å². The van der Waals surface area contributed by atoms with Crippen molar-refractivity contribution in [2.24, 2.45) is 5.92 Å². The molecule has 1 N–H and O–H groups in total. The number of hydrogen-bond donors (Lipinski definition) is 1. The first-order valence-electron chi connectivity index (χ1n) is 3.97. The van der Waals surface area contributed by atoms with Crippen LogP contribution in [0.2, 0.25) is 0 Å². The molecule has 0 heterocycles. The molecule has 0 amide bonds. The highest BCUT2D eigenvalue weighted by molar-refractivity contribution is 9.10. The summed E-state index contributed by atoms with van der Waals surface area (Å²) >= 11 is 3.29. The van der Waals surface area contributed by atoms with Crippen molar-refractivity contribution in [2.45, 2.75) is 36.9 Å². The molecule has 0 unspecified atom stereocenters. The lowest BCUT2D eigenvalue weighted by Gasteiger charge is -2.30. The number of aliphatic carboxylic acids is 1. The van der Waals surface area contributed by atoms with Gasteiger partial charge < -0.3 is 5.11 Å². The zero-order valence-electron chi connectivity index (χ0n) is 6.64. The lowest BCUT2D eigenvalue weighted by molar-refractivity contribution is -0.140. The van der Waals surface area contributed by atoms with Crippen LogP contribution in [0.25, 0.3) is 0 Å². The highest BCUT2D eigenvalue weighted by atomic mass is 79.9. The number of carboxylic acids is 1. The summed E-state index contributed by atoms with van der Waals surface area (Å²) in [5.41, 5.74) is 0. The second-order valence-electron chi connectivity index (χ2n) is 3.45. The molecule has 1 rings (SSSR count). The van der Waals surface area contributed by atoms with Gasteiger partial charge in [-0.2, -0.15) is 0 Å². The minimum atomic E-state index is -0.704. The van der Waals surface area contributed by atoms with E-state index in [1.54, 1.807) is 0 Å². The molecule has 3 heteroatoms. The van der Waals surface area contributed by atoms with Gasteiger partial charge in [0.25, 0.3) is 0 Å². The lowest BCUT2D eigenvalue weighted by atomic mass is 9.83. The summed E-state index contributed by atoms with van der Waals surface area (Å²) in [5, 5.41) is 8.84. The predicted octanol–water partition coefficient (Wildman–Crippen LogP) is 2.41. The third-order valence-electron chi connectivity index (χ3n) is 2.45. The summed E-state index contributed by atoms with van der Waals surface area (Å²) < 4.78 is -0.612. The van der Waals surface area contributed by atoms with Gasteiger partial charge in [0.2, 0.25) is 0 Å². The summed E-state index contributed by atoms with van der Waals surface area (Å²) in [7, 11) is 0. The molecule has 1 aliphatic carbocycles. The van der Waals surface area contributed by atoms with Gasteiger partial charge in [-0.05, 0) is 31.6 Å². The average Bonchev–Trinajstić information content (AvgIpc) is 1.95. The minimum Gasteiger partial charge on any atom is -0.480 e. The summed E-state index contributed by atoms with van der Waals surface area (Å²) in [4.78, 5) is 10.7. The van der Waals surface area contributed by atoms with Crippen molar-refractivity contribution < 1.29 is 9.90 Å². The van der Waals surface area contributed by atoms with Crippen molar-refractivity contribution in [3.05, 3.63) is 0 Å². The first-order chi connectivity index (χ1) is 5.04. The fourth-order valence-electron chi connectivity index (χ4n) is 1.43. The summed E-state index contributed by atoms with van der Waals surface area (Å²) in [6.07, 6.45) is 3.59. The van der Waals surface area contributed by atoms with Gasteiger partial charge in [0.1, 0.15) is 4.32 Å². The van der Waals surface area contributed by atoms with Crippen molar-refractivity contribution in [1.29, 1.82) is 0 Å². The van der Waals surface area contributed by atoms with Gasteiger partial charge >= 0.3 is 5.97 Å². The molecular formula is C8H13BrO2. The van der Waals surface area contributed by atoms with Crippen LogP contribution in [0.5, 0.6) is 0 Å². The lowest BCUT2D eigenvalue weighted by Crippen LogP contribution is -2.35. The molecule has 64 valence electrons. The Balaban J connectivity index is 2.55. The maximum Gasteiger partial charge on any atom is 0.320 e. The molecule has 0 aliphatic heterocycles. The Kier molecular flexibility index (Phi) is 2.58. The second kappa shape index (κ2) is 3.13. The standard InChI is InChI=1S/C8H13BrO2/c1-6-2-4-8(9,5-3-6)7(10)11/h6H,2-5H2,1H3,(H,10,11). The molecule has 0 bridgehead atoms. The molecule has 0 aromatic heterocycles. The summed E-state index contributed by atoms with van der Waals surface area (Å²) in [6, 6.07) is 0. The van der Waals surface area contributed by atoms with E-state index < -0.39 is 10.3 Å². The number of halogens is 1. The van der Waals surface area contributed by atoms with E-state index in [9.17, 15) is 4.79 Å². The van der Waals surface area contributed by atoms with Crippen LogP contribution in [0.15, 0.2) is 0 Å². The summed E-state index contributed by atoms with van der Waals surface area (Å²) in [5.74, 6) is -0.00979. The smallest absolute Gasteiger partial charge is 0.320 e. The first kappa shape index (κ1) is 9.04. The van der Waals surface area contributed by atoms with E-state index in [1.807, 2.05) is 0 Å². The van der Waals surface area contributed by atoms with E-state index in [4.69, 9.17) is 5.11 Å². The number of rotatable bonds is 1. The Hall–Kier alpha value is -0.0500.